The van der Waals surface area contributed by atoms with E-state index < -0.39 is 0 Å². The Balaban J connectivity index is 1.44. The molecule has 168 valence electrons. The molecule has 0 aliphatic heterocycles. The fourth-order valence-corrected chi connectivity index (χ4v) is 4.89. The number of amides is 1. The summed E-state index contributed by atoms with van der Waals surface area (Å²) in [4.78, 5) is 31.1. The maximum Gasteiger partial charge on any atom is 0.263 e. The summed E-state index contributed by atoms with van der Waals surface area (Å²) in [5.74, 6) is -0.263. The molecule has 3 aromatic carbocycles. The number of hydrogen-bond acceptors (Lipinski definition) is 4. The molecule has 0 saturated heterocycles. The van der Waals surface area contributed by atoms with Gasteiger partial charge in [0.1, 0.15) is 11.4 Å². The Morgan fingerprint density at radius 2 is 1.65 bits per heavy atom. The van der Waals surface area contributed by atoms with Crippen LogP contribution in [0.5, 0.6) is 0 Å². The molecule has 5 aromatic rings. The average Bonchev–Trinajstić information content (AvgIpc) is 3.29. The Kier molecular flexibility index (Phi) is 5.82. The smallest absolute Gasteiger partial charge is 0.263 e. The molecule has 0 spiro atoms. The lowest BCUT2D eigenvalue weighted by molar-refractivity contribution is -0.116. The lowest BCUT2D eigenvalue weighted by Crippen LogP contribution is -2.28. The molecule has 1 N–H and O–H groups in total. The van der Waals surface area contributed by atoms with Gasteiger partial charge >= 0.3 is 0 Å². The molecule has 34 heavy (non-hydrogen) atoms. The lowest BCUT2D eigenvalue weighted by atomic mass is 10.0. The molecule has 0 saturated carbocycles. The zero-order valence-electron chi connectivity index (χ0n) is 18.9. The number of aryl methyl sites for hydroxylation is 2. The van der Waals surface area contributed by atoms with Crippen molar-refractivity contribution in [3.05, 3.63) is 106 Å². The highest BCUT2D eigenvalue weighted by atomic mass is 32.1. The first-order valence-corrected chi connectivity index (χ1v) is 11.9. The van der Waals surface area contributed by atoms with Crippen molar-refractivity contribution in [3.63, 3.8) is 0 Å². The van der Waals surface area contributed by atoms with Crippen LogP contribution in [0.15, 0.2) is 89.3 Å². The van der Waals surface area contributed by atoms with Crippen LogP contribution >= 0.6 is 11.3 Å². The molecule has 5 rings (SSSR count). The summed E-state index contributed by atoms with van der Waals surface area (Å²) in [5.41, 5.74) is 6.60. The van der Waals surface area contributed by atoms with E-state index in [1.807, 2.05) is 67.8 Å². The van der Waals surface area contributed by atoms with Crippen LogP contribution in [-0.4, -0.2) is 15.5 Å². The summed E-state index contributed by atoms with van der Waals surface area (Å²) in [6, 6.07) is 24.2. The number of fused-ring (bicyclic) bond motifs is 1. The number of rotatable bonds is 5. The number of thiophene rings is 1. The summed E-state index contributed by atoms with van der Waals surface area (Å²) < 4.78 is 1.37. The normalized spacial score (nSPS) is 11.0. The number of carbonyl (C=O) groups is 1. The maximum absolute atomic E-state index is 13.3. The largest absolute Gasteiger partial charge is 0.324 e. The van der Waals surface area contributed by atoms with Crippen molar-refractivity contribution >= 4 is 33.1 Å². The summed E-state index contributed by atoms with van der Waals surface area (Å²) in [5, 5.41) is 5.41. The number of nitrogens with zero attached hydrogens (tertiary/aromatic N) is 2. The van der Waals surface area contributed by atoms with Gasteiger partial charge in [0.05, 0.1) is 11.7 Å². The van der Waals surface area contributed by atoms with Gasteiger partial charge < -0.3 is 5.32 Å². The van der Waals surface area contributed by atoms with Crippen LogP contribution in [0.4, 0.5) is 5.69 Å². The van der Waals surface area contributed by atoms with E-state index >= 15 is 0 Å². The highest BCUT2D eigenvalue weighted by Crippen LogP contribution is 2.32. The number of benzene rings is 3. The fourth-order valence-electron chi connectivity index (χ4n) is 3.98. The van der Waals surface area contributed by atoms with Gasteiger partial charge in [-0.2, -0.15) is 0 Å². The quantitative estimate of drug-likeness (QED) is 0.344. The highest BCUT2D eigenvalue weighted by molar-refractivity contribution is 7.17. The van der Waals surface area contributed by atoms with E-state index in [1.165, 1.54) is 22.2 Å². The van der Waals surface area contributed by atoms with Crippen molar-refractivity contribution in [2.24, 2.45) is 0 Å². The molecule has 2 aromatic heterocycles. The van der Waals surface area contributed by atoms with Crippen molar-refractivity contribution in [2.45, 2.75) is 20.4 Å². The standard InChI is InChI=1S/C28H23N3O2S/c1-18-8-9-19(2)24(14-18)30-25(32)15-31-17-29-27-26(28(31)33)23(16-34-27)22-12-10-21(11-13-22)20-6-4-3-5-7-20/h3-14,16-17H,15H2,1-2H3,(H,30,32). The van der Waals surface area contributed by atoms with Gasteiger partial charge in [0.15, 0.2) is 0 Å². The molecule has 0 unspecified atom stereocenters. The van der Waals surface area contributed by atoms with Crippen LogP contribution in [0.2, 0.25) is 0 Å². The predicted octanol–water partition coefficient (Wildman–Crippen LogP) is 6.05. The van der Waals surface area contributed by atoms with E-state index in [4.69, 9.17) is 0 Å². The van der Waals surface area contributed by atoms with Crippen molar-refractivity contribution < 1.29 is 4.79 Å². The van der Waals surface area contributed by atoms with Gasteiger partial charge in [-0.25, -0.2) is 4.98 Å². The Bertz CT molecular complexity index is 1550. The first-order chi connectivity index (χ1) is 16.5. The summed E-state index contributed by atoms with van der Waals surface area (Å²) in [6.07, 6.45) is 1.45. The number of hydrogen-bond donors (Lipinski definition) is 1. The zero-order chi connectivity index (χ0) is 23.7. The highest BCUT2D eigenvalue weighted by Gasteiger charge is 2.15. The summed E-state index contributed by atoms with van der Waals surface area (Å²) >= 11 is 1.43. The van der Waals surface area contributed by atoms with Gasteiger partial charge in [-0.05, 0) is 47.7 Å². The average molecular weight is 466 g/mol. The topological polar surface area (TPSA) is 64.0 Å². The second-order valence-electron chi connectivity index (χ2n) is 8.32. The van der Waals surface area contributed by atoms with Crippen LogP contribution in [0.25, 0.3) is 32.5 Å². The first kappa shape index (κ1) is 21.8. The molecular formula is C28H23N3O2S. The number of carbonyl (C=O) groups excluding carboxylic acids is 1. The SMILES string of the molecule is Cc1ccc(C)c(NC(=O)Cn2cnc3scc(-c4ccc(-c5ccccc5)cc4)c3c2=O)c1. The molecule has 0 fully saturated rings. The van der Waals surface area contributed by atoms with Crippen LogP contribution in [0.3, 0.4) is 0 Å². The van der Waals surface area contributed by atoms with E-state index in [0.29, 0.717) is 10.2 Å². The minimum atomic E-state index is -0.263. The van der Waals surface area contributed by atoms with Crippen LogP contribution in [0, 0.1) is 13.8 Å². The summed E-state index contributed by atoms with van der Waals surface area (Å²) in [6.45, 7) is 3.81. The van der Waals surface area contributed by atoms with Crippen LogP contribution in [-0.2, 0) is 11.3 Å². The fraction of sp³-hybridized carbons (Fsp3) is 0.107. The Labute approximate surface area is 201 Å². The predicted molar refractivity (Wildman–Crippen MR) is 139 cm³/mol. The molecule has 0 bridgehead atoms. The third kappa shape index (κ3) is 4.28. The van der Waals surface area contributed by atoms with Gasteiger partial charge in [0, 0.05) is 16.6 Å². The van der Waals surface area contributed by atoms with E-state index in [1.54, 1.807) is 0 Å². The number of nitrogens with one attached hydrogen (secondary N) is 1. The van der Waals surface area contributed by atoms with Crippen molar-refractivity contribution in [2.75, 3.05) is 5.32 Å². The monoisotopic (exact) mass is 465 g/mol. The number of anilines is 1. The van der Waals surface area contributed by atoms with E-state index in [0.717, 1.165) is 39.1 Å². The molecule has 1 amide bonds. The van der Waals surface area contributed by atoms with Gasteiger partial charge in [-0.3, -0.25) is 14.2 Å². The van der Waals surface area contributed by atoms with E-state index in [-0.39, 0.29) is 18.0 Å². The van der Waals surface area contributed by atoms with Crippen molar-refractivity contribution in [1.29, 1.82) is 0 Å². The molecule has 0 aliphatic carbocycles. The Hall–Kier alpha value is -4.03. The maximum atomic E-state index is 13.3. The van der Waals surface area contributed by atoms with E-state index in [9.17, 15) is 9.59 Å². The first-order valence-electron chi connectivity index (χ1n) is 11.0. The van der Waals surface area contributed by atoms with Crippen LogP contribution < -0.4 is 10.9 Å². The molecule has 0 atom stereocenters. The molecular weight excluding hydrogens is 442 g/mol. The molecule has 5 nitrogen and oxygen atoms in total. The molecule has 0 aliphatic rings. The number of aromatic nitrogens is 2. The molecule has 6 heteroatoms. The summed E-state index contributed by atoms with van der Waals surface area (Å²) in [7, 11) is 0. The van der Waals surface area contributed by atoms with Gasteiger partial charge in [0.25, 0.3) is 5.56 Å². The van der Waals surface area contributed by atoms with Gasteiger partial charge in [0.2, 0.25) is 5.91 Å². The third-order valence-electron chi connectivity index (χ3n) is 5.84. The second kappa shape index (κ2) is 9.08. The van der Waals surface area contributed by atoms with Crippen molar-refractivity contribution in [1.82, 2.24) is 9.55 Å². The lowest BCUT2D eigenvalue weighted by Gasteiger charge is -2.11. The minimum absolute atomic E-state index is 0.0998. The third-order valence-corrected chi connectivity index (χ3v) is 6.73. The Morgan fingerprint density at radius 1 is 0.941 bits per heavy atom. The molecule has 2 heterocycles. The molecule has 0 radical (unpaired) electrons. The van der Waals surface area contributed by atoms with E-state index in [2.05, 4.69) is 34.6 Å². The Morgan fingerprint density at radius 3 is 2.41 bits per heavy atom. The zero-order valence-corrected chi connectivity index (χ0v) is 19.7. The van der Waals surface area contributed by atoms with Crippen molar-refractivity contribution in [3.8, 4) is 22.3 Å². The van der Waals surface area contributed by atoms with Gasteiger partial charge in [-0.1, -0.05) is 66.7 Å². The second-order valence-corrected chi connectivity index (χ2v) is 9.18. The minimum Gasteiger partial charge on any atom is -0.324 e. The van der Waals surface area contributed by atoms with Gasteiger partial charge in [-0.15, -0.1) is 11.3 Å². The van der Waals surface area contributed by atoms with Crippen LogP contribution in [0.1, 0.15) is 11.1 Å².